The van der Waals surface area contributed by atoms with Gasteiger partial charge < -0.3 is 9.47 Å². The predicted octanol–water partition coefficient (Wildman–Crippen LogP) is 2.66. The van der Waals surface area contributed by atoms with E-state index in [0.29, 0.717) is 32.9 Å². The molecule has 2 heterocycles. The molecule has 0 radical (unpaired) electrons. The minimum absolute atomic E-state index is 0.0453. The van der Waals surface area contributed by atoms with Crippen LogP contribution in [0.15, 0.2) is 36.5 Å². The van der Waals surface area contributed by atoms with Crippen LogP contribution in [0.25, 0.3) is 0 Å². The summed E-state index contributed by atoms with van der Waals surface area (Å²) in [5.74, 6) is 0.977. The molecule has 1 aliphatic heterocycles. The molecule has 0 amide bonds. The highest BCUT2D eigenvalue weighted by atomic mass is 32.2. The van der Waals surface area contributed by atoms with Crippen LogP contribution in [0.3, 0.4) is 0 Å². The summed E-state index contributed by atoms with van der Waals surface area (Å²) in [6.07, 6.45) is 3.31. The molecule has 0 unspecified atom stereocenters. The number of nitrogens with zero attached hydrogens (tertiary/aromatic N) is 3. The lowest BCUT2D eigenvalue weighted by Crippen LogP contribution is -2.39. The van der Waals surface area contributed by atoms with Crippen molar-refractivity contribution in [3.8, 4) is 0 Å². The number of rotatable bonds is 9. The number of aryl methyl sites for hydroxylation is 1. The SMILES string of the molecule is COCCOCc1cnc(C)nc1C1CCN(S(=O)(=O)Cc2ccccc2)CC1. The number of benzene rings is 1. The predicted molar refractivity (Wildman–Crippen MR) is 111 cm³/mol. The maximum atomic E-state index is 12.8. The van der Waals surface area contributed by atoms with Gasteiger partial charge in [0.05, 0.1) is 31.3 Å². The number of ether oxygens (including phenoxy) is 2. The monoisotopic (exact) mass is 419 g/mol. The summed E-state index contributed by atoms with van der Waals surface area (Å²) in [6, 6.07) is 9.32. The molecule has 29 heavy (non-hydrogen) atoms. The van der Waals surface area contributed by atoms with Crippen molar-refractivity contribution in [2.75, 3.05) is 33.4 Å². The van der Waals surface area contributed by atoms with E-state index in [1.807, 2.05) is 43.5 Å². The smallest absolute Gasteiger partial charge is 0.218 e. The Labute approximate surface area is 173 Å². The molecule has 0 bridgehead atoms. The number of piperidine rings is 1. The Morgan fingerprint density at radius 2 is 1.86 bits per heavy atom. The van der Waals surface area contributed by atoms with Crippen molar-refractivity contribution >= 4 is 10.0 Å². The normalized spacial score (nSPS) is 16.2. The van der Waals surface area contributed by atoms with Crippen molar-refractivity contribution < 1.29 is 17.9 Å². The highest BCUT2D eigenvalue weighted by molar-refractivity contribution is 7.88. The first-order valence-corrected chi connectivity index (χ1v) is 11.5. The molecule has 0 saturated carbocycles. The van der Waals surface area contributed by atoms with Crippen LogP contribution in [0.5, 0.6) is 0 Å². The zero-order valence-corrected chi connectivity index (χ0v) is 17.9. The lowest BCUT2D eigenvalue weighted by atomic mass is 9.92. The third-order valence-corrected chi connectivity index (χ3v) is 6.98. The molecule has 158 valence electrons. The van der Waals surface area contributed by atoms with E-state index in [4.69, 9.17) is 9.47 Å². The van der Waals surface area contributed by atoms with Crippen molar-refractivity contribution in [2.24, 2.45) is 0 Å². The minimum atomic E-state index is -3.32. The van der Waals surface area contributed by atoms with Crippen LogP contribution in [0.2, 0.25) is 0 Å². The van der Waals surface area contributed by atoms with Gasteiger partial charge in [0.15, 0.2) is 0 Å². The number of aromatic nitrogens is 2. The molecular weight excluding hydrogens is 390 g/mol. The molecular formula is C21H29N3O4S. The molecule has 1 aromatic carbocycles. The topological polar surface area (TPSA) is 81.6 Å². The van der Waals surface area contributed by atoms with E-state index in [1.54, 1.807) is 11.4 Å². The van der Waals surface area contributed by atoms with Gasteiger partial charge in [-0.15, -0.1) is 0 Å². The second-order valence-electron chi connectivity index (χ2n) is 7.29. The van der Waals surface area contributed by atoms with Crippen LogP contribution in [0.4, 0.5) is 0 Å². The second kappa shape index (κ2) is 10.2. The Balaban J connectivity index is 1.63. The van der Waals surface area contributed by atoms with Gasteiger partial charge in [-0.05, 0) is 25.3 Å². The Bertz CT molecular complexity index is 882. The zero-order valence-electron chi connectivity index (χ0n) is 17.1. The molecule has 1 aromatic heterocycles. The van der Waals surface area contributed by atoms with Crippen LogP contribution in [-0.2, 0) is 31.9 Å². The first kappa shape index (κ1) is 21.8. The average Bonchev–Trinajstić information content (AvgIpc) is 2.72. The zero-order chi connectivity index (χ0) is 20.7. The van der Waals surface area contributed by atoms with Gasteiger partial charge in [-0.25, -0.2) is 22.7 Å². The van der Waals surface area contributed by atoms with Gasteiger partial charge in [-0.3, -0.25) is 0 Å². The highest BCUT2D eigenvalue weighted by Crippen LogP contribution is 2.31. The van der Waals surface area contributed by atoms with E-state index in [-0.39, 0.29) is 11.7 Å². The van der Waals surface area contributed by atoms with Crippen LogP contribution < -0.4 is 0 Å². The Kier molecular flexibility index (Phi) is 7.71. The number of sulfonamides is 1. The van der Waals surface area contributed by atoms with Crippen LogP contribution in [-0.4, -0.2) is 56.1 Å². The van der Waals surface area contributed by atoms with Gasteiger partial charge in [-0.1, -0.05) is 30.3 Å². The maximum absolute atomic E-state index is 12.8. The number of hydrogen-bond donors (Lipinski definition) is 0. The van der Waals surface area contributed by atoms with E-state index in [0.717, 1.165) is 35.5 Å². The van der Waals surface area contributed by atoms with Crippen molar-refractivity contribution in [3.05, 3.63) is 59.2 Å². The van der Waals surface area contributed by atoms with Gasteiger partial charge in [-0.2, -0.15) is 0 Å². The Morgan fingerprint density at radius 3 is 2.55 bits per heavy atom. The van der Waals surface area contributed by atoms with Crippen molar-refractivity contribution in [3.63, 3.8) is 0 Å². The highest BCUT2D eigenvalue weighted by Gasteiger charge is 2.30. The van der Waals surface area contributed by atoms with Crippen molar-refractivity contribution in [1.82, 2.24) is 14.3 Å². The number of hydrogen-bond acceptors (Lipinski definition) is 6. The quantitative estimate of drug-likeness (QED) is 0.581. The molecule has 3 rings (SSSR count). The van der Waals surface area contributed by atoms with E-state index in [1.165, 1.54) is 0 Å². The van der Waals surface area contributed by atoms with Crippen LogP contribution in [0, 0.1) is 6.92 Å². The first-order chi connectivity index (χ1) is 14.0. The molecule has 8 heteroatoms. The van der Waals surface area contributed by atoms with Gasteiger partial charge in [0, 0.05) is 37.9 Å². The summed E-state index contributed by atoms with van der Waals surface area (Å²) in [7, 11) is -1.68. The van der Waals surface area contributed by atoms with Gasteiger partial charge in [0.25, 0.3) is 0 Å². The summed E-state index contributed by atoms with van der Waals surface area (Å²) in [6.45, 7) is 4.38. The Hall–Kier alpha value is -1.87. The Morgan fingerprint density at radius 1 is 1.14 bits per heavy atom. The molecule has 0 aliphatic carbocycles. The molecule has 1 fully saturated rings. The van der Waals surface area contributed by atoms with Crippen LogP contribution in [0.1, 0.15) is 41.4 Å². The standard InChI is InChI=1S/C21H29N3O4S/c1-17-22-14-20(15-28-13-12-27-2)21(23-17)19-8-10-24(11-9-19)29(25,26)16-18-6-4-3-5-7-18/h3-7,14,19H,8-13,15-16H2,1-2H3. The average molecular weight is 420 g/mol. The van der Waals surface area contributed by atoms with Crippen molar-refractivity contribution in [2.45, 2.75) is 38.0 Å². The fourth-order valence-electron chi connectivity index (χ4n) is 3.59. The van der Waals surface area contributed by atoms with E-state index in [2.05, 4.69) is 9.97 Å². The molecule has 0 N–H and O–H groups in total. The van der Waals surface area contributed by atoms with Gasteiger partial charge in [0.2, 0.25) is 10.0 Å². The second-order valence-corrected chi connectivity index (χ2v) is 9.26. The van der Waals surface area contributed by atoms with Gasteiger partial charge in [0.1, 0.15) is 5.82 Å². The van der Waals surface area contributed by atoms with E-state index < -0.39 is 10.0 Å². The fraction of sp³-hybridized carbons (Fsp3) is 0.524. The molecule has 1 aliphatic rings. The molecule has 2 aromatic rings. The third kappa shape index (κ3) is 6.05. The lowest BCUT2D eigenvalue weighted by Gasteiger charge is -2.31. The summed E-state index contributed by atoms with van der Waals surface area (Å²) in [4.78, 5) is 8.97. The lowest BCUT2D eigenvalue weighted by molar-refractivity contribution is 0.0608. The van der Waals surface area contributed by atoms with Crippen LogP contribution >= 0.6 is 0 Å². The maximum Gasteiger partial charge on any atom is 0.218 e. The third-order valence-electron chi connectivity index (χ3n) is 5.13. The molecule has 7 nitrogen and oxygen atoms in total. The summed E-state index contributed by atoms with van der Waals surface area (Å²) < 4.78 is 37.9. The minimum Gasteiger partial charge on any atom is -0.382 e. The first-order valence-electron chi connectivity index (χ1n) is 9.90. The van der Waals surface area contributed by atoms with E-state index in [9.17, 15) is 8.42 Å². The van der Waals surface area contributed by atoms with Crippen molar-refractivity contribution in [1.29, 1.82) is 0 Å². The molecule has 1 saturated heterocycles. The van der Waals surface area contributed by atoms with Gasteiger partial charge >= 0.3 is 0 Å². The molecule has 0 atom stereocenters. The summed E-state index contributed by atoms with van der Waals surface area (Å²) in [5, 5.41) is 0. The largest absolute Gasteiger partial charge is 0.382 e. The molecule has 0 spiro atoms. The number of methoxy groups -OCH3 is 1. The fourth-order valence-corrected chi connectivity index (χ4v) is 5.15. The summed E-state index contributed by atoms with van der Waals surface area (Å²) >= 11 is 0. The summed E-state index contributed by atoms with van der Waals surface area (Å²) in [5.41, 5.74) is 2.77. The van der Waals surface area contributed by atoms with E-state index >= 15 is 0 Å².